The average Bonchev–Trinajstić information content (AvgIpc) is 2.55. The highest BCUT2D eigenvalue weighted by Gasteiger charge is 2.44. The molecular weight excluding hydrogens is 206 g/mol. The summed E-state index contributed by atoms with van der Waals surface area (Å²) in [6.45, 7) is 3.57. The van der Waals surface area contributed by atoms with Crippen LogP contribution in [0.25, 0.3) is 0 Å². The number of hydrogen-bond acceptors (Lipinski definition) is 4. The van der Waals surface area contributed by atoms with Crippen molar-refractivity contribution in [2.75, 3.05) is 33.9 Å². The number of likely N-dealkylation sites (tertiary alicyclic amines) is 1. The van der Waals surface area contributed by atoms with E-state index < -0.39 is 5.41 Å². The van der Waals surface area contributed by atoms with Gasteiger partial charge < -0.3 is 10.1 Å². The average molecular weight is 225 g/mol. The maximum Gasteiger partial charge on any atom is 0.227 e. The number of methoxy groups -OCH3 is 1. The largest absolute Gasteiger partial charge is 0.383 e. The van der Waals surface area contributed by atoms with E-state index in [9.17, 15) is 4.79 Å². The molecule has 0 aromatic rings. The third-order valence-electron chi connectivity index (χ3n) is 3.06. The monoisotopic (exact) mass is 225 g/mol. The summed E-state index contributed by atoms with van der Waals surface area (Å²) in [6.07, 6.45) is 0.596. The van der Waals surface area contributed by atoms with Crippen LogP contribution in [0.5, 0.6) is 0 Å². The fourth-order valence-electron chi connectivity index (χ4n) is 2.10. The van der Waals surface area contributed by atoms with Gasteiger partial charge in [0.2, 0.25) is 5.91 Å². The number of ether oxygens (including phenoxy) is 1. The molecule has 0 radical (unpaired) electrons. The normalized spacial score (nSPS) is 30.0. The van der Waals surface area contributed by atoms with Gasteiger partial charge in [0.05, 0.1) is 24.1 Å². The van der Waals surface area contributed by atoms with E-state index in [0.717, 1.165) is 0 Å². The topological polar surface area (TPSA) is 65.4 Å². The van der Waals surface area contributed by atoms with Gasteiger partial charge in [-0.3, -0.25) is 9.69 Å². The number of nitrogens with one attached hydrogen (secondary N) is 1. The van der Waals surface area contributed by atoms with Crippen molar-refractivity contribution < 1.29 is 9.53 Å². The zero-order chi connectivity index (χ0) is 12.2. The van der Waals surface area contributed by atoms with Crippen molar-refractivity contribution in [2.24, 2.45) is 5.41 Å². The Kier molecular flexibility index (Phi) is 4.27. The first-order valence-electron chi connectivity index (χ1n) is 5.40. The van der Waals surface area contributed by atoms with Gasteiger partial charge in [0, 0.05) is 20.2 Å². The zero-order valence-corrected chi connectivity index (χ0v) is 10.1. The van der Waals surface area contributed by atoms with Crippen LogP contribution >= 0.6 is 0 Å². The number of rotatable bonds is 4. The summed E-state index contributed by atoms with van der Waals surface area (Å²) in [6, 6.07) is 2.06. The second kappa shape index (κ2) is 5.28. The van der Waals surface area contributed by atoms with Crippen LogP contribution < -0.4 is 5.32 Å². The number of nitrogens with zero attached hydrogens (tertiary/aromatic N) is 2. The molecule has 0 spiro atoms. The summed E-state index contributed by atoms with van der Waals surface area (Å²) in [5.74, 6) is 0.00847. The molecule has 90 valence electrons. The molecule has 0 aromatic heterocycles. The van der Waals surface area contributed by atoms with E-state index in [0.29, 0.717) is 26.1 Å². The van der Waals surface area contributed by atoms with E-state index >= 15 is 0 Å². The second-order valence-corrected chi connectivity index (χ2v) is 4.57. The minimum atomic E-state index is -0.455. The fourth-order valence-corrected chi connectivity index (χ4v) is 2.10. The smallest absolute Gasteiger partial charge is 0.227 e. The van der Waals surface area contributed by atoms with Crippen molar-refractivity contribution in [1.29, 1.82) is 5.26 Å². The van der Waals surface area contributed by atoms with Crippen LogP contribution in [0.4, 0.5) is 0 Å². The summed E-state index contributed by atoms with van der Waals surface area (Å²) in [4.78, 5) is 13.9. The minimum Gasteiger partial charge on any atom is -0.383 e. The molecule has 1 fully saturated rings. The van der Waals surface area contributed by atoms with Crippen molar-refractivity contribution in [3.05, 3.63) is 0 Å². The summed E-state index contributed by atoms with van der Waals surface area (Å²) in [5, 5.41) is 11.8. The number of carbonyl (C=O) groups is 1. The van der Waals surface area contributed by atoms with Gasteiger partial charge in [-0.25, -0.2) is 0 Å². The van der Waals surface area contributed by atoms with Gasteiger partial charge in [-0.2, -0.15) is 5.26 Å². The highest BCUT2D eigenvalue weighted by molar-refractivity contribution is 5.83. The van der Waals surface area contributed by atoms with Gasteiger partial charge >= 0.3 is 0 Å². The van der Waals surface area contributed by atoms with Crippen LogP contribution in [0.1, 0.15) is 13.3 Å². The van der Waals surface area contributed by atoms with Gasteiger partial charge in [-0.1, -0.05) is 0 Å². The Bertz CT molecular complexity index is 300. The third kappa shape index (κ3) is 2.71. The molecule has 1 aliphatic rings. The summed E-state index contributed by atoms with van der Waals surface area (Å²) < 4.78 is 4.87. The van der Waals surface area contributed by atoms with Gasteiger partial charge in [0.25, 0.3) is 0 Å². The Balaban J connectivity index is 2.53. The van der Waals surface area contributed by atoms with E-state index in [1.807, 2.05) is 18.9 Å². The highest BCUT2D eigenvalue weighted by atomic mass is 16.5. The Labute approximate surface area is 96.4 Å². The second-order valence-electron chi connectivity index (χ2n) is 4.57. The molecule has 0 bridgehead atoms. The van der Waals surface area contributed by atoms with Crippen LogP contribution in [0.3, 0.4) is 0 Å². The van der Waals surface area contributed by atoms with E-state index in [-0.39, 0.29) is 11.9 Å². The molecule has 1 aliphatic heterocycles. The fraction of sp³-hybridized carbons (Fsp3) is 0.818. The maximum absolute atomic E-state index is 11.9. The van der Waals surface area contributed by atoms with Gasteiger partial charge in [0.15, 0.2) is 0 Å². The number of carbonyl (C=O) groups excluding carboxylic acids is 1. The third-order valence-corrected chi connectivity index (χ3v) is 3.06. The van der Waals surface area contributed by atoms with E-state index in [1.165, 1.54) is 0 Å². The maximum atomic E-state index is 11.9. The predicted molar refractivity (Wildman–Crippen MR) is 59.6 cm³/mol. The lowest BCUT2D eigenvalue weighted by atomic mass is 9.87. The highest BCUT2D eigenvalue weighted by Crippen LogP contribution is 2.33. The first-order chi connectivity index (χ1) is 7.53. The van der Waals surface area contributed by atoms with Crippen molar-refractivity contribution in [3.8, 4) is 6.07 Å². The Morgan fingerprint density at radius 1 is 1.75 bits per heavy atom. The molecule has 1 rings (SSSR count). The molecule has 0 aromatic carbocycles. The van der Waals surface area contributed by atoms with Crippen LogP contribution in [0, 0.1) is 16.7 Å². The van der Waals surface area contributed by atoms with Crippen molar-refractivity contribution >= 4 is 5.91 Å². The lowest BCUT2D eigenvalue weighted by Gasteiger charge is -2.22. The van der Waals surface area contributed by atoms with Crippen molar-refractivity contribution in [3.63, 3.8) is 0 Å². The zero-order valence-electron chi connectivity index (χ0n) is 10.1. The van der Waals surface area contributed by atoms with Crippen LogP contribution in [0.2, 0.25) is 0 Å². The van der Waals surface area contributed by atoms with Gasteiger partial charge in [-0.15, -0.1) is 0 Å². The molecular formula is C11H19N3O2. The Hall–Kier alpha value is -1.12. The van der Waals surface area contributed by atoms with Crippen LogP contribution in [0.15, 0.2) is 0 Å². The van der Waals surface area contributed by atoms with Gasteiger partial charge in [-0.05, 0) is 20.4 Å². The SMILES string of the molecule is COCCNC(=O)[C@@]1(C)C[C@@H](C#N)N(C)C1. The molecule has 1 heterocycles. The Morgan fingerprint density at radius 2 is 2.44 bits per heavy atom. The first-order valence-corrected chi connectivity index (χ1v) is 5.40. The molecule has 0 unspecified atom stereocenters. The molecule has 2 atom stereocenters. The number of amides is 1. The van der Waals surface area contributed by atoms with Crippen molar-refractivity contribution in [1.82, 2.24) is 10.2 Å². The molecule has 5 nitrogen and oxygen atoms in total. The first kappa shape index (κ1) is 12.9. The standard InChI is InChI=1S/C11H19N3O2/c1-11(10(15)13-4-5-16-3)6-9(7-12)14(2)8-11/h9H,4-6,8H2,1-3H3,(H,13,15)/t9-,11-/m0/s1. The molecule has 16 heavy (non-hydrogen) atoms. The molecule has 1 saturated heterocycles. The van der Waals surface area contributed by atoms with E-state index in [1.54, 1.807) is 7.11 Å². The van der Waals surface area contributed by atoms with Crippen LogP contribution in [-0.4, -0.2) is 50.7 Å². The Morgan fingerprint density at radius 3 is 2.94 bits per heavy atom. The molecule has 0 saturated carbocycles. The summed E-state index contributed by atoms with van der Waals surface area (Å²) in [7, 11) is 3.48. The summed E-state index contributed by atoms with van der Waals surface area (Å²) in [5.41, 5.74) is -0.455. The molecule has 0 aliphatic carbocycles. The predicted octanol–water partition coefficient (Wildman–Crippen LogP) is -0.0170. The number of nitriles is 1. The lowest BCUT2D eigenvalue weighted by molar-refractivity contribution is -0.129. The molecule has 5 heteroatoms. The number of hydrogen-bond donors (Lipinski definition) is 1. The van der Waals surface area contributed by atoms with Crippen molar-refractivity contribution in [2.45, 2.75) is 19.4 Å². The minimum absolute atomic E-state index is 0.00847. The van der Waals surface area contributed by atoms with Crippen LogP contribution in [-0.2, 0) is 9.53 Å². The quantitative estimate of drug-likeness (QED) is 0.683. The van der Waals surface area contributed by atoms with E-state index in [4.69, 9.17) is 10.00 Å². The molecule has 1 N–H and O–H groups in total. The lowest BCUT2D eigenvalue weighted by Crippen LogP contribution is -2.41. The molecule has 1 amide bonds. The van der Waals surface area contributed by atoms with Gasteiger partial charge in [0.1, 0.15) is 0 Å². The van der Waals surface area contributed by atoms with E-state index in [2.05, 4.69) is 11.4 Å². The summed E-state index contributed by atoms with van der Waals surface area (Å²) >= 11 is 0.